The van der Waals surface area contributed by atoms with Gasteiger partial charge in [0.15, 0.2) is 5.13 Å². The lowest BCUT2D eigenvalue weighted by Gasteiger charge is -2.24. The maximum Gasteiger partial charge on any atom is 0.260 e. The van der Waals surface area contributed by atoms with E-state index in [-0.39, 0.29) is 5.91 Å². The van der Waals surface area contributed by atoms with E-state index in [9.17, 15) is 4.79 Å². The summed E-state index contributed by atoms with van der Waals surface area (Å²) in [6, 6.07) is 21.2. The molecule has 0 saturated heterocycles. The van der Waals surface area contributed by atoms with Crippen LogP contribution in [0.15, 0.2) is 66.7 Å². The fourth-order valence-electron chi connectivity index (χ4n) is 3.84. The van der Waals surface area contributed by atoms with Crippen LogP contribution in [0.1, 0.15) is 35.3 Å². The van der Waals surface area contributed by atoms with Gasteiger partial charge in [0.2, 0.25) is 0 Å². The zero-order valence-electron chi connectivity index (χ0n) is 20.2. The summed E-state index contributed by atoms with van der Waals surface area (Å²) in [6.07, 6.45) is 0. The molecule has 0 saturated carbocycles. The molecule has 1 aromatic heterocycles. The number of para-hydroxylation sites is 1. The number of rotatable bonds is 9. The number of fused-ring (bicyclic) bond motifs is 1. The van der Waals surface area contributed by atoms with Crippen LogP contribution in [0.4, 0.5) is 5.13 Å². The molecule has 34 heavy (non-hydrogen) atoms. The highest BCUT2D eigenvalue weighted by Gasteiger charge is 2.22. The Kier molecular flexibility index (Phi) is 7.60. The summed E-state index contributed by atoms with van der Waals surface area (Å²) in [7, 11) is 0. The number of aryl methyl sites for hydroxylation is 2. The van der Waals surface area contributed by atoms with Crippen LogP contribution in [0.2, 0.25) is 0 Å². The number of amides is 1. The number of anilines is 1. The van der Waals surface area contributed by atoms with Gasteiger partial charge in [0.25, 0.3) is 5.91 Å². The number of likely N-dealkylation sites (N-methyl/N-ethyl adjacent to an activating group) is 1. The van der Waals surface area contributed by atoms with E-state index in [0.717, 1.165) is 40.7 Å². The van der Waals surface area contributed by atoms with Gasteiger partial charge >= 0.3 is 0 Å². The van der Waals surface area contributed by atoms with E-state index < -0.39 is 0 Å². The van der Waals surface area contributed by atoms with Crippen LogP contribution in [0.25, 0.3) is 10.2 Å². The molecule has 0 N–H and O–H groups in total. The summed E-state index contributed by atoms with van der Waals surface area (Å²) in [4.78, 5) is 22.7. The van der Waals surface area contributed by atoms with E-state index in [1.165, 1.54) is 11.1 Å². The number of ether oxygens (including phenoxy) is 1. The standard InChI is InChI=1S/C28H31N3O2S/c1-5-30(6-2)18-19-31(28-29-26-21(4)20(3)12-17-25(26)34-28)27(32)22-13-15-24(16-14-22)33-23-10-8-7-9-11-23/h7-17H,5-6,18-19H2,1-4H3. The fourth-order valence-corrected chi connectivity index (χ4v) is 4.89. The van der Waals surface area contributed by atoms with Gasteiger partial charge in [-0.25, -0.2) is 4.98 Å². The Morgan fingerprint density at radius 1 is 0.882 bits per heavy atom. The first kappa shape index (κ1) is 23.9. The molecule has 0 atom stereocenters. The van der Waals surface area contributed by atoms with Crippen LogP contribution < -0.4 is 9.64 Å². The van der Waals surface area contributed by atoms with Crippen LogP contribution in [-0.2, 0) is 0 Å². The normalized spacial score (nSPS) is 11.2. The number of carbonyl (C=O) groups excluding carboxylic acids is 1. The van der Waals surface area contributed by atoms with Gasteiger partial charge in [-0.3, -0.25) is 9.69 Å². The van der Waals surface area contributed by atoms with Gasteiger partial charge in [-0.1, -0.05) is 49.4 Å². The number of nitrogens with zero attached hydrogens (tertiary/aromatic N) is 3. The Labute approximate surface area is 205 Å². The second kappa shape index (κ2) is 10.8. The van der Waals surface area contributed by atoms with Crippen LogP contribution in [-0.4, -0.2) is 42.0 Å². The smallest absolute Gasteiger partial charge is 0.260 e. The second-order valence-electron chi connectivity index (χ2n) is 8.27. The van der Waals surface area contributed by atoms with E-state index in [1.807, 2.05) is 59.5 Å². The molecule has 0 fully saturated rings. The topological polar surface area (TPSA) is 45.7 Å². The second-order valence-corrected chi connectivity index (χ2v) is 9.28. The Morgan fingerprint density at radius 2 is 1.56 bits per heavy atom. The minimum atomic E-state index is -0.0492. The van der Waals surface area contributed by atoms with Gasteiger partial charge in [0.1, 0.15) is 11.5 Å². The third kappa shape index (κ3) is 5.29. The first-order chi connectivity index (χ1) is 16.5. The van der Waals surface area contributed by atoms with Crippen molar-refractivity contribution in [2.45, 2.75) is 27.7 Å². The molecular weight excluding hydrogens is 442 g/mol. The van der Waals surface area contributed by atoms with Gasteiger partial charge < -0.3 is 9.64 Å². The molecule has 5 nitrogen and oxygen atoms in total. The first-order valence-electron chi connectivity index (χ1n) is 11.7. The summed E-state index contributed by atoms with van der Waals surface area (Å²) in [5, 5.41) is 0.741. The highest BCUT2D eigenvalue weighted by Crippen LogP contribution is 2.33. The zero-order valence-corrected chi connectivity index (χ0v) is 21.1. The van der Waals surface area contributed by atoms with E-state index in [0.29, 0.717) is 17.9 Å². The summed E-state index contributed by atoms with van der Waals surface area (Å²) in [6.45, 7) is 11.7. The minimum absolute atomic E-state index is 0.0492. The molecule has 0 aliphatic heterocycles. The highest BCUT2D eigenvalue weighted by atomic mass is 32.1. The first-order valence-corrected chi connectivity index (χ1v) is 12.6. The number of thiazole rings is 1. The third-order valence-corrected chi connectivity index (χ3v) is 7.21. The van der Waals surface area contributed by atoms with Crippen molar-refractivity contribution in [2.75, 3.05) is 31.1 Å². The van der Waals surface area contributed by atoms with Crippen molar-refractivity contribution < 1.29 is 9.53 Å². The lowest BCUT2D eigenvalue weighted by Crippen LogP contribution is -2.38. The quantitative estimate of drug-likeness (QED) is 0.272. The molecule has 3 aromatic carbocycles. The molecule has 0 aliphatic carbocycles. The van der Waals surface area contributed by atoms with E-state index in [2.05, 4.69) is 44.7 Å². The Hall–Kier alpha value is -3.22. The van der Waals surface area contributed by atoms with Crippen LogP contribution in [0.3, 0.4) is 0 Å². The molecule has 0 unspecified atom stereocenters. The van der Waals surface area contributed by atoms with Gasteiger partial charge in [0, 0.05) is 18.7 Å². The Balaban J connectivity index is 1.61. The summed E-state index contributed by atoms with van der Waals surface area (Å²) < 4.78 is 6.99. The van der Waals surface area contributed by atoms with Gasteiger partial charge in [-0.15, -0.1) is 0 Å². The van der Waals surface area contributed by atoms with E-state index >= 15 is 0 Å². The molecule has 1 amide bonds. The maximum atomic E-state index is 13.7. The van der Waals surface area contributed by atoms with E-state index in [4.69, 9.17) is 9.72 Å². The third-order valence-electron chi connectivity index (χ3n) is 6.16. The summed E-state index contributed by atoms with van der Waals surface area (Å²) >= 11 is 1.57. The number of hydrogen-bond acceptors (Lipinski definition) is 5. The lowest BCUT2D eigenvalue weighted by atomic mass is 10.1. The zero-order chi connectivity index (χ0) is 24.1. The Bertz CT molecular complexity index is 1250. The van der Waals surface area contributed by atoms with Crippen molar-refractivity contribution in [1.82, 2.24) is 9.88 Å². The monoisotopic (exact) mass is 473 g/mol. The summed E-state index contributed by atoms with van der Waals surface area (Å²) in [5.41, 5.74) is 3.97. The van der Waals surface area contributed by atoms with Crippen LogP contribution in [0, 0.1) is 13.8 Å². The predicted octanol–water partition coefficient (Wildman–Crippen LogP) is 6.69. The van der Waals surface area contributed by atoms with Crippen molar-refractivity contribution in [1.29, 1.82) is 0 Å². The number of aromatic nitrogens is 1. The molecule has 176 valence electrons. The van der Waals surface area contributed by atoms with Gasteiger partial charge in [-0.05, 0) is 80.5 Å². The molecular formula is C28H31N3O2S. The average Bonchev–Trinajstić information content (AvgIpc) is 3.30. The Morgan fingerprint density at radius 3 is 2.24 bits per heavy atom. The molecule has 4 aromatic rings. The molecule has 0 spiro atoms. The SMILES string of the molecule is CCN(CC)CCN(C(=O)c1ccc(Oc2ccccc2)cc1)c1nc2c(C)c(C)ccc2s1. The van der Waals surface area contributed by atoms with Crippen molar-refractivity contribution >= 4 is 32.6 Å². The fraction of sp³-hybridized carbons (Fsp3) is 0.286. The lowest BCUT2D eigenvalue weighted by molar-refractivity contribution is 0.0984. The van der Waals surface area contributed by atoms with Gasteiger partial charge in [0.05, 0.1) is 10.2 Å². The van der Waals surface area contributed by atoms with Crippen molar-refractivity contribution in [3.05, 3.63) is 83.4 Å². The van der Waals surface area contributed by atoms with Gasteiger partial charge in [-0.2, -0.15) is 0 Å². The molecule has 6 heteroatoms. The molecule has 1 heterocycles. The summed E-state index contributed by atoms with van der Waals surface area (Å²) in [5.74, 6) is 1.41. The number of hydrogen-bond donors (Lipinski definition) is 0. The van der Waals surface area contributed by atoms with Crippen molar-refractivity contribution in [2.24, 2.45) is 0 Å². The highest BCUT2D eigenvalue weighted by molar-refractivity contribution is 7.22. The van der Waals surface area contributed by atoms with Crippen molar-refractivity contribution in [3.8, 4) is 11.5 Å². The molecule has 0 radical (unpaired) electrons. The van der Waals surface area contributed by atoms with Crippen molar-refractivity contribution in [3.63, 3.8) is 0 Å². The number of benzene rings is 3. The average molecular weight is 474 g/mol. The largest absolute Gasteiger partial charge is 0.457 e. The van der Waals surface area contributed by atoms with Crippen LogP contribution in [0.5, 0.6) is 11.5 Å². The van der Waals surface area contributed by atoms with Crippen LogP contribution >= 0.6 is 11.3 Å². The molecule has 4 rings (SSSR count). The molecule has 0 aliphatic rings. The van der Waals surface area contributed by atoms with E-state index in [1.54, 1.807) is 11.3 Å². The number of carbonyl (C=O) groups is 1. The predicted molar refractivity (Wildman–Crippen MR) is 142 cm³/mol. The maximum absolute atomic E-state index is 13.7. The minimum Gasteiger partial charge on any atom is -0.457 e. The molecule has 0 bridgehead atoms.